The number of halogens is 1. The molecule has 0 aliphatic heterocycles. The Morgan fingerprint density at radius 1 is 1.21 bits per heavy atom. The monoisotopic (exact) mass is 291 g/mol. The molecule has 2 heterocycles. The molecule has 0 unspecified atom stereocenters. The molecule has 5 heteroatoms. The largest absolute Gasteiger partial charge is 0.444 e. The molecule has 0 aliphatic carbocycles. The second kappa shape index (κ2) is 5.59. The number of hydrogen-bond acceptors (Lipinski definition) is 4. The van der Waals surface area contributed by atoms with Gasteiger partial charge in [0.25, 0.3) is 0 Å². The third-order valence-corrected chi connectivity index (χ3v) is 4.44. The highest BCUT2D eigenvalue weighted by molar-refractivity contribution is 7.98. The molecule has 0 fully saturated rings. The van der Waals surface area contributed by atoms with Gasteiger partial charge >= 0.3 is 0 Å². The van der Waals surface area contributed by atoms with Gasteiger partial charge < -0.3 is 4.42 Å². The third-order valence-electron chi connectivity index (χ3n) is 2.50. The van der Waals surface area contributed by atoms with E-state index in [1.54, 1.807) is 29.7 Å². The van der Waals surface area contributed by atoms with E-state index < -0.39 is 0 Å². The van der Waals surface area contributed by atoms with Crippen molar-refractivity contribution in [1.82, 2.24) is 4.98 Å². The first kappa shape index (κ1) is 12.4. The molecule has 2 aromatic heterocycles. The van der Waals surface area contributed by atoms with Gasteiger partial charge in [-0.15, -0.1) is 23.1 Å². The van der Waals surface area contributed by atoms with E-state index in [-0.39, 0.29) is 5.82 Å². The predicted molar refractivity (Wildman–Crippen MR) is 75.8 cm³/mol. The van der Waals surface area contributed by atoms with Crippen LogP contribution in [0, 0.1) is 5.82 Å². The summed E-state index contributed by atoms with van der Waals surface area (Å²) in [5, 5.41) is 1.98. The van der Waals surface area contributed by atoms with Crippen LogP contribution in [0.4, 0.5) is 4.39 Å². The maximum absolute atomic E-state index is 13.5. The van der Waals surface area contributed by atoms with Crippen LogP contribution < -0.4 is 0 Å². The molecule has 0 bridgehead atoms. The van der Waals surface area contributed by atoms with Gasteiger partial charge in [0.1, 0.15) is 12.1 Å². The standard InChI is InChI=1S/C14H10FNOS2/c15-11-4-1-2-5-12(11)19-9-10-8-17-14(16-10)13-6-3-7-18-13/h1-8H,9H2. The van der Waals surface area contributed by atoms with Crippen molar-refractivity contribution in [2.24, 2.45) is 0 Å². The SMILES string of the molecule is Fc1ccccc1SCc1coc(-c2cccs2)n1. The van der Waals surface area contributed by atoms with Crippen LogP contribution in [0.15, 0.2) is 57.4 Å². The van der Waals surface area contributed by atoms with Crippen molar-refractivity contribution in [3.05, 3.63) is 59.6 Å². The first-order chi connectivity index (χ1) is 9.33. The fourth-order valence-corrected chi connectivity index (χ4v) is 3.07. The van der Waals surface area contributed by atoms with Crippen LogP contribution in [0.1, 0.15) is 5.69 Å². The zero-order valence-electron chi connectivity index (χ0n) is 9.88. The Labute approximate surface area is 118 Å². The number of benzene rings is 1. The summed E-state index contributed by atoms with van der Waals surface area (Å²) in [6.45, 7) is 0. The van der Waals surface area contributed by atoms with Gasteiger partial charge in [0.2, 0.25) is 5.89 Å². The zero-order chi connectivity index (χ0) is 13.1. The lowest BCUT2D eigenvalue weighted by molar-refractivity contribution is 0.575. The van der Waals surface area contributed by atoms with Crippen LogP contribution in [0.3, 0.4) is 0 Å². The number of rotatable bonds is 4. The van der Waals surface area contributed by atoms with Crippen LogP contribution in [-0.2, 0) is 5.75 Å². The second-order valence-electron chi connectivity index (χ2n) is 3.84. The quantitative estimate of drug-likeness (QED) is 0.644. The maximum Gasteiger partial charge on any atom is 0.236 e. The molecule has 0 aliphatic rings. The summed E-state index contributed by atoms with van der Waals surface area (Å²) in [6, 6.07) is 10.7. The van der Waals surface area contributed by atoms with Crippen LogP contribution in [0.2, 0.25) is 0 Å². The van der Waals surface area contributed by atoms with Crippen LogP contribution >= 0.6 is 23.1 Å². The van der Waals surface area contributed by atoms with Crippen molar-refractivity contribution in [2.45, 2.75) is 10.6 Å². The minimum absolute atomic E-state index is 0.200. The van der Waals surface area contributed by atoms with E-state index in [0.717, 1.165) is 10.6 Å². The van der Waals surface area contributed by atoms with E-state index in [2.05, 4.69) is 4.98 Å². The number of thioether (sulfide) groups is 1. The summed E-state index contributed by atoms with van der Waals surface area (Å²) in [5.74, 6) is 1.02. The summed E-state index contributed by atoms with van der Waals surface area (Å²) in [5.41, 5.74) is 0.816. The van der Waals surface area contributed by atoms with Gasteiger partial charge in [-0.3, -0.25) is 0 Å². The predicted octanol–water partition coefficient (Wildman–Crippen LogP) is 4.83. The van der Waals surface area contributed by atoms with Gasteiger partial charge in [0, 0.05) is 10.6 Å². The van der Waals surface area contributed by atoms with Crippen molar-refractivity contribution in [2.75, 3.05) is 0 Å². The Hall–Kier alpha value is -1.59. The molecule has 19 heavy (non-hydrogen) atoms. The van der Waals surface area contributed by atoms with E-state index in [4.69, 9.17) is 4.42 Å². The van der Waals surface area contributed by atoms with Crippen molar-refractivity contribution >= 4 is 23.1 Å². The molecule has 0 saturated carbocycles. The lowest BCUT2D eigenvalue weighted by Gasteiger charge is -1.99. The van der Waals surface area contributed by atoms with Crippen LogP contribution in [0.25, 0.3) is 10.8 Å². The van der Waals surface area contributed by atoms with E-state index in [9.17, 15) is 4.39 Å². The fraction of sp³-hybridized carbons (Fsp3) is 0.0714. The Bertz CT molecular complexity index is 664. The molecule has 0 radical (unpaired) electrons. The lowest BCUT2D eigenvalue weighted by atomic mass is 10.3. The van der Waals surface area contributed by atoms with E-state index >= 15 is 0 Å². The molecule has 0 saturated heterocycles. The minimum Gasteiger partial charge on any atom is -0.444 e. The first-order valence-corrected chi connectivity index (χ1v) is 7.55. The van der Waals surface area contributed by atoms with Crippen LogP contribution in [0.5, 0.6) is 0 Å². The van der Waals surface area contributed by atoms with Gasteiger partial charge in [-0.2, -0.15) is 0 Å². The molecular formula is C14H10FNOS2. The topological polar surface area (TPSA) is 26.0 Å². The lowest BCUT2D eigenvalue weighted by Crippen LogP contribution is -1.83. The normalized spacial score (nSPS) is 10.8. The smallest absolute Gasteiger partial charge is 0.236 e. The molecule has 1 aromatic carbocycles. The Kier molecular flexibility index (Phi) is 3.66. The number of oxazole rings is 1. The molecule has 3 aromatic rings. The highest BCUT2D eigenvalue weighted by Crippen LogP contribution is 2.28. The van der Waals surface area contributed by atoms with Gasteiger partial charge in [-0.05, 0) is 23.6 Å². The molecule has 96 valence electrons. The maximum atomic E-state index is 13.5. The summed E-state index contributed by atoms with van der Waals surface area (Å²) in [4.78, 5) is 6.03. The van der Waals surface area contributed by atoms with Crippen molar-refractivity contribution in [1.29, 1.82) is 0 Å². The van der Waals surface area contributed by atoms with Gasteiger partial charge in [-0.25, -0.2) is 9.37 Å². The Morgan fingerprint density at radius 3 is 2.89 bits per heavy atom. The second-order valence-corrected chi connectivity index (χ2v) is 5.81. The summed E-state index contributed by atoms with van der Waals surface area (Å²) in [6.07, 6.45) is 1.63. The molecule has 0 N–H and O–H groups in total. The number of aromatic nitrogens is 1. The average molecular weight is 291 g/mol. The van der Waals surface area contributed by atoms with Crippen molar-refractivity contribution in [3.63, 3.8) is 0 Å². The van der Waals surface area contributed by atoms with Crippen LogP contribution in [-0.4, -0.2) is 4.98 Å². The Balaban J connectivity index is 1.70. The number of nitrogens with zero attached hydrogens (tertiary/aromatic N) is 1. The Morgan fingerprint density at radius 2 is 2.11 bits per heavy atom. The summed E-state index contributed by atoms with van der Waals surface area (Å²) in [7, 11) is 0. The van der Waals surface area contributed by atoms with Gasteiger partial charge in [-0.1, -0.05) is 18.2 Å². The number of hydrogen-bond donors (Lipinski definition) is 0. The zero-order valence-corrected chi connectivity index (χ0v) is 11.5. The molecule has 0 atom stereocenters. The number of thiophene rings is 1. The average Bonchev–Trinajstić information content (AvgIpc) is 3.09. The van der Waals surface area contributed by atoms with Gasteiger partial charge in [0.05, 0.1) is 10.6 Å². The van der Waals surface area contributed by atoms with E-state index in [1.165, 1.54) is 17.8 Å². The van der Waals surface area contributed by atoms with Gasteiger partial charge in [0.15, 0.2) is 0 Å². The highest BCUT2D eigenvalue weighted by Gasteiger charge is 2.09. The third kappa shape index (κ3) is 2.88. The molecule has 3 rings (SSSR count). The van der Waals surface area contributed by atoms with Crippen molar-refractivity contribution < 1.29 is 8.81 Å². The van der Waals surface area contributed by atoms with Crippen molar-refractivity contribution in [3.8, 4) is 10.8 Å². The van der Waals surface area contributed by atoms with E-state index in [0.29, 0.717) is 16.5 Å². The highest BCUT2D eigenvalue weighted by atomic mass is 32.2. The first-order valence-electron chi connectivity index (χ1n) is 5.68. The summed E-state index contributed by atoms with van der Waals surface area (Å²) < 4.78 is 18.9. The molecule has 0 amide bonds. The van der Waals surface area contributed by atoms with E-state index in [1.807, 2.05) is 23.6 Å². The molecule has 0 spiro atoms. The molecular weight excluding hydrogens is 281 g/mol. The summed E-state index contributed by atoms with van der Waals surface area (Å²) >= 11 is 3.00. The fourth-order valence-electron chi connectivity index (χ4n) is 1.60. The minimum atomic E-state index is -0.200. The molecule has 2 nitrogen and oxygen atoms in total.